The van der Waals surface area contributed by atoms with Gasteiger partial charge in [-0.25, -0.2) is 9.97 Å². The molecule has 0 amide bonds. The van der Waals surface area contributed by atoms with Crippen molar-refractivity contribution < 1.29 is 0 Å². The largest absolute Gasteiger partial charge is 0.256 e. The van der Waals surface area contributed by atoms with E-state index in [1.807, 2.05) is 36.5 Å². The molecule has 0 unspecified atom stereocenters. The zero-order valence-corrected chi connectivity index (χ0v) is 31.7. The van der Waals surface area contributed by atoms with Crippen molar-refractivity contribution in [3.05, 3.63) is 199 Å². The highest BCUT2D eigenvalue weighted by atomic mass is 14.9. The molecule has 8 aromatic carbocycles. The molecule has 0 N–H and O–H groups in total. The van der Waals surface area contributed by atoms with Crippen molar-refractivity contribution >= 4 is 32.4 Å². The third-order valence-electron chi connectivity index (χ3n) is 11.9. The minimum atomic E-state index is -0.115. The minimum absolute atomic E-state index is 0.115. The van der Waals surface area contributed by atoms with Gasteiger partial charge in [0.05, 0.1) is 16.9 Å². The van der Waals surface area contributed by atoms with Crippen molar-refractivity contribution in [2.75, 3.05) is 0 Å². The third-order valence-corrected chi connectivity index (χ3v) is 11.9. The molecule has 1 aliphatic carbocycles. The van der Waals surface area contributed by atoms with E-state index in [2.05, 4.69) is 166 Å². The molecule has 3 nitrogen and oxygen atoms in total. The van der Waals surface area contributed by atoms with Crippen LogP contribution in [0.3, 0.4) is 0 Å². The minimum Gasteiger partial charge on any atom is -0.256 e. The Balaban J connectivity index is 1.06. The highest BCUT2D eigenvalue weighted by molar-refractivity contribution is 6.08. The number of rotatable bonds is 5. The second-order valence-electron chi connectivity index (χ2n) is 15.6. The summed E-state index contributed by atoms with van der Waals surface area (Å²) in [7, 11) is 0. The van der Waals surface area contributed by atoms with Crippen molar-refractivity contribution in [1.82, 2.24) is 15.0 Å². The lowest BCUT2D eigenvalue weighted by Gasteiger charge is -2.22. The van der Waals surface area contributed by atoms with Crippen LogP contribution in [0.2, 0.25) is 0 Å². The highest BCUT2D eigenvalue weighted by Crippen LogP contribution is 2.54. The number of aromatic nitrogens is 3. The summed E-state index contributed by atoms with van der Waals surface area (Å²) in [4.78, 5) is 15.1. The lowest BCUT2D eigenvalue weighted by molar-refractivity contribution is 0.661. The van der Waals surface area contributed by atoms with Crippen LogP contribution >= 0.6 is 0 Å². The van der Waals surface area contributed by atoms with Crippen molar-refractivity contribution in [1.29, 1.82) is 0 Å². The number of para-hydroxylation sites is 1. The van der Waals surface area contributed by atoms with Crippen molar-refractivity contribution in [3.63, 3.8) is 0 Å². The second-order valence-corrected chi connectivity index (χ2v) is 15.6. The number of nitrogens with zero attached hydrogens (tertiary/aromatic N) is 3. The summed E-state index contributed by atoms with van der Waals surface area (Å²) < 4.78 is 0. The van der Waals surface area contributed by atoms with Crippen LogP contribution < -0.4 is 0 Å². The molecule has 0 saturated heterocycles. The van der Waals surface area contributed by atoms with Gasteiger partial charge in [0.25, 0.3) is 0 Å². The molecule has 0 fully saturated rings. The summed E-state index contributed by atoms with van der Waals surface area (Å²) in [5.74, 6) is 0.700. The van der Waals surface area contributed by atoms with Gasteiger partial charge in [-0.3, -0.25) is 4.98 Å². The van der Waals surface area contributed by atoms with Gasteiger partial charge in [-0.05, 0) is 90.8 Å². The number of hydrogen-bond acceptors (Lipinski definition) is 3. The van der Waals surface area contributed by atoms with E-state index in [-0.39, 0.29) is 5.41 Å². The fourth-order valence-electron chi connectivity index (χ4n) is 8.97. The van der Waals surface area contributed by atoms with Crippen LogP contribution in [0.5, 0.6) is 0 Å². The summed E-state index contributed by atoms with van der Waals surface area (Å²) in [6, 6.07) is 65.2. The van der Waals surface area contributed by atoms with Gasteiger partial charge in [-0.15, -0.1) is 0 Å². The first-order valence-corrected chi connectivity index (χ1v) is 19.6. The Morgan fingerprint density at radius 1 is 0.386 bits per heavy atom. The average molecular weight is 728 g/mol. The zero-order chi connectivity index (χ0) is 38.1. The smallest absolute Gasteiger partial charge is 0.160 e. The van der Waals surface area contributed by atoms with Crippen LogP contribution in [-0.4, -0.2) is 15.0 Å². The average Bonchev–Trinajstić information content (AvgIpc) is 3.50. The molecule has 1 aliphatic rings. The fraction of sp³-hybridized carbons (Fsp3) is 0.0556. The third kappa shape index (κ3) is 5.46. The van der Waals surface area contributed by atoms with E-state index in [4.69, 9.17) is 15.0 Å². The molecule has 3 heteroatoms. The number of benzene rings is 8. The molecule has 2 heterocycles. The summed E-state index contributed by atoms with van der Waals surface area (Å²) in [5.41, 5.74) is 15.8. The van der Waals surface area contributed by atoms with E-state index in [0.29, 0.717) is 5.82 Å². The summed E-state index contributed by atoms with van der Waals surface area (Å²) >= 11 is 0. The van der Waals surface area contributed by atoms with E-state index >= 15 is 0 Å². The SMILES string of the molecule is CC1(C)c2cc3ccccc3cc2-c2c(-c3ccc(-c4cc(-c5ccc(-c6cnc7ccccc7c6)cc5)nc(-c5ccccc5)n4)c4ccccc34)cccc21. The highest BCUT2D eigenvalue weighted by Gasteiger charge is 2.37. The Bertz CT molecular complexity index is 3200. The molecule has 268 valence electrons. The predicted octanol–water partition coefficient (Wildman–Crippen LogP) is 14.0. The van der Waals surface area contributed by atoms with Gasteiger partial charge in [0.1, 0.15) is 0 Å². The number of fused-ring (bicyclic) bond motifs is 6. The van der Waals surface area contributed by atoms with E-state index < -0.39 is 0 Å². The van der Waals surface area contributed by atoms with Gasteiger partial charge in [0.15, 0.2) is 5.82 Å². The Kier molecular flexibility index (Phi) is 7.52. The van der Waals surface area contributed by atoms with Crippen LogP contribution in [0.4, 0.5) is 0 Å². The number of pyridine rings is 1. The molecule has 0 bridgehead atoms. The van der Waals surface area contributed by atoms with Gasteiger partial charge in [-0.2, -0.15) is 0 Å². The zero-order valence-electron chi connectivity index (χ0n) is 31.7. The molecule has 0 spiro atoms. The molecule has 11 rings (SSSR count). The van der Waals surface area contributed by atoms with Crippen LogP contribution in [-0.2, 0) is 5.41 Å². The lowest BCUT2D eigenvalue weighted by atomic mass is 9.81. The summed E-state index contributed by atoms with van der Waals surface area (Å²) in [5, 5.41) is 6.04. The van der Waals surface area contributed by atoms with Crippen molar-refractivity contribution in [2.45, 2.75) is 19.3 Å². The first kappa shape index (κ1) is 33.1. The van der Waals surface area contributed by atoms with Crippen molar-refractivity contribution in [2.24, 2.45) is 0 Å². The fourth-order valence-corrected chi connectivity index (χ4v) is 8.97. The lowest BCUT2D eigenvalue weighted by Crippen LogP contribution is -2.14. The first-order valence-electron chi connectivity index (χ1n) is 19.6. The maximum absolute atomic E-state index is 5.26. The molecule has 0 saturated carbocycles. The Hall–Kier alpha value is -7.23. The van der Waals surface area contributed by atoms with E-state index in [0.717, 1.165) is 55.5 Å². The molecular formula is C54H37N3. The van der Waals surface area contributed by atoms with E-state index in [9.17, 15) is 0 Å². The van der Waals surface area contributed by atoms with Crippen LogP contribution in [0.25, 0.3) is 99.7 Å². The Labute approximate surface area is 332 Å². The molecule has 2 aromatic heterocycles. The molecule has 57 heavy (non-hydrogen) atoms. The van der Waals surface area contributed by atoms with E-state index in [1.165, 1.54) is 49.5 Å². The quantitative estimate of drug-likeness (QED) is 0.177. The summed E-state index contributed by atoms with van der Waals surface area (Å²) in [6.07, 6.45) is 1.95. The first-order chi connectivity index (χ1) is 28.0. The predicted molar refractivity (Wildman–Crippen MR) is 237 cm³/mol. The van der Waals surface area contributed by atoms with E-state index in [1.54, 1.807) is 0 Å². The molecule has 0 radical (unpaired) electrons. The van der Waals surface area contributed by atoms with Gasteiger partial charge in [0, 0.05) is 39.3 Å². The maximum Gasteiger partial charge on any atom is 0.160 e. The van der Waals surface area contributed by atoms with Crippen molar-refractivity contribution in [3.8, 4) is 67.3 Å². The molecule has 10 aromatic rings. The molecule has 0 aliphatic heterocycles. The van der Waals surface area contributed by atoms with Crippen LogP contribution in [0, 0.1) is 0 Å². The van der Waals surface area contributed by atoms with Gasteiger partial charge >= 0.3 is 0 Å². The van der Waals surface area contributed by atoms with Gasteiger partial charge in [-0.1, -0.05) is 166 Å². The Morgan fingerprint density at radius 2 is 1.04 bits per heavy atom. The molecular weight excluding hydrogens is 691 g/mol. The normalized spacial score (nSPS) is 12.9. The maximum atomic E-state index is 5.26. The van der Waals surface area contributed by atoms with Crippen LogP contribution in [0.15, 0.2) is 188 Å². The molecule has 0 atom stereocenters. The second kappa shape index (κ2) is 12.9. The van der Waals surface area contributed by atoms with Gasteiger partial charge in [0.2, 0.25) is 0 Å². The monoisotopic (exact) mass is 727 g/mol. The van der Waals surface area contributed by atoms with Crippen LogP contribution in [0.1, 0.15) is 25.0 Å². The number of hydrogen-bond donors (Lipinski definition) is 0. The Morgan fingerprint density at radius 3 is 1.84 bits per heavy atom. The standard InChI is InChI=1S/C54H37N3/c1-54(2)47-21-12-20-45(52(47)46-30-37-15-6-7-16-38(37)31-48(46)54)43-27-28-44(42-19-10-9-18-41(42)43)51-32-50(56-53(57-51)36-13-4-3-5-14-36)35-25-23-34(24-26-35)40-29-39-17-8-11-22-49(39)55-33-40/h3-33H,1-2H3. The topological polar surface area (TPSA) is 38.7 Å². The summed E-state index contributed by atoms with van der Waals surface area (Å²) in [6.45, 7) is 4.73. The van der Waals surface area contributed by atoms with Gasteiger partial charge < -0.3 is 0 Å².